The topological polar surface area (TPSA) is 85.5 Å². The molecular weight excluding hydrogens is 318 g/mol. The lowest BCUT2D eigenvalue weighted by Gasteiger charge is -2.28. The van der Waals surface area contributed by atoms with Gasteiger partial charge in [0.25, 0.3) is 0 Å². The number of piperidine rings is 1. The third-order valence-corrected chi connectivity index (χ3v) is 5.25. The zero-order valence-electron chi connectivity index (χ0n) is 13.1. The van der Waals surface area contributed by atoms with Gasteiger partial charge in [0.1, 0.15) is 5.75 Å². The molecule has 0 saturated carbocycles. The van der Waals surface area contributed by atoms with Crippen LogP contribution in [0.25, 0.3) is 11.5 Å². The van der Waals surface area contributed by atoms with Gasteiger partial charge >= 0.3 is 0 Å². The molecule has 1 saturated heterocycles. The molecule has 0 aliphatic carbocycles. The molecule has 0 spiro atoms. The van der Waals surface area contributed by atoms with Gasteiger partial charge in [-0.1, -0.05) is 0 Å². The molecule has 2 aromatic rings. The normalized spacial score (nSPS) is 19.7. The molecule has 1 atom stereocenters. The monoisotopic (exact) mass is 337 g/mol. The first-order chi connectivity index (χ1) is 11.0. The molecule has 8 heteroatoms. The maximum Gasteiger partial charge on any atom is 0.247 e. The third-order valence-electron chi connectivity index (χ3n) is 3.98. The summed E-state index contributed by atoms with van der Waals surface area (Å²) in [7, 11) is -1.58. The van der Waals surface area contributed by atoms with Crippen LogP contribution in [-0.4, -0.2) is 49.4 Å². The average molecular weight is 337 g/mol. The van der Waals surface area contributed by atoms with Crippen LogP contribution in [0, 0.1) is 0 Å². The highest BCUT2D eigenvalue weighted by Gasteiger charge is 2.30. The summed E-state index contributed by atoms with van der Waals surface area (Å²) in [6.45, 7) is 0.942. The second kappa shape index (κ2) is 6.29. The number of nitrogens with zero attached hydrogens (tertiary/aromatic N) is 3. The molecule has 1 aliphatic rings. The SMILES string of the molecule is COc1ccc(-c2nnc([C@@H]3CCCN(S(C)(=O)=O)C3)o2)cc1. The summed E-state index contributed by atoms with van der Waals surface area (Å²) < 4.78 is 35.7. The van der Waals surface area contributed by atoms with Crippen LogP contribution in [0.1, 0.15) is 24.7 Å². The molecule has 23 heavy (non-hydrogen) atoms. The van der Waals surface area contributed by atoms with Gasteiger partial charge in [0.2, 0.25) is 21.8 Å². The van der Waals surface area contributed by atoms with Crippen LogP contribution in [-0.2, 0) is 10.0 Å². The molecule has 1 fully saturated rings. The van der Waals surface area contributed by atoms with E-state index >= 15 is 0 Å². The van der Waals surface area contributed by atoms with E-state index in [1.54, 1.807) is 7.11 Å². The van der Waals surface area contributed by atoms with Crippen LogP contribution in [0.4, 0.5) is 0 Å². The predicted molar refractivity (Wildman–Crippen MR) is 84.7 cm³/mol. The number of ether oxygens (including phenoxy) is 1. The minimum Gasteiger partial charge on any atom is -0.497 e. The lowest BCUT2D eigenvalue weighted by atomic mass is 10.00. The smallest absolute Gasteiger partial charge is 0.247 e. The number of hydrogen-bond acceptors (Lipinski definition) is 6. The summed E-state index contributed by atoms with van der Waals surface area (Å²) in [6, 6.07) is 7.34. The lowest BCUT2D eigenvalue weighted by molar-refractivity contribution is 0.287. The second-order valence-electron chi connectivity index (χ2n) is 5.63. The number of methoxy groups -OCH3 is 1. The number of benzene rings is 1. The highest BCUT2D eigenvalue weighted by Crippen LogP contribution is 2.29. The largest absolute Gasteiger partial charge is 0.497 e. The second-order valence-corrected chi connectivity index (χ2v) is 7.62. The van der Waals surface area contributed by atoms with Crippen LogP contribution < -0.4 is 4.74 Å². The summed E-state index contributed by atoms with van der Waals surface area (Å²) in [5, 5.41) is 8.18. The summed E-state index contributed by atoms with van der Waals surface area (Å²) >= 11 is 0. The first-order valence-corrected chi connectivity index (χ1v) is 9.25. The van der Waals surface area contributed by atoms with Crippen LogP contribution in [0.15, 0.2) is 28.7 Å². The molecule has 2 heterocycles. The zero-order chi connectivity index (χ0) is 16.4. The van der Waals surface area contributed by atoms with E-state index < -0.39 is 10.0 Å². The van der Waals surface area contributed by atoms with E-state index in [1.807, 2.05) is 24.3 Å². The van der Waals surface area contributed by atoms with Crippen molar-refractivity contribution in [1.29, 1.82) is 0 Å². The van der Waals surface area contributed by atoms with Crippen molar-refractivity contribution in [3.05, 3.63) is 30.2 Å². The van der Waals surface area contributed by atoms with Gasteiger partial charge in [-0.2, -0.15) is 0 Å². The van der Waals surface area contributed by atoms with Crippen molar-refractivity contribution in [2.75, 3.05) is 26.5 Å². The molecule has 0 bridgehead atoms. The number of sulfonamides is 1. The van der Waals surface area contributed by atoms with Gasteiger partial charge in [-0.05, 0) is 37.1 Å². The standard InChI is InChI=1S/C15H19N3O4S/c1-21-13-7-5-11(6-8-13)14-16-17-15(22-14)12-4-3-9-18(10-12)23(2,19)20/h5-8,12H,3-4,9-10H2,1-2H3/t12-/m1/s1. The van der Waals surface area contributed by atoms with E-state index in [1.165, 1.54) is 10.6 Å². The minimum absolute atomic E-state index is 0.0574. The van der Waals surface area contributed by atoms with Crippen molar-refractivity contribution in [1.82, 2.24) is 14.5 Å². The molecule has 7 nitrogen and oxygen atoms in total. The number of aromatic nitrogens is 2. The maximum atomic E-state index is 11.7. The van der Waals surface area contributed by atoms with E-state index in [0.29, 0.717) is 24.9 Å². The Morgan fingerprint density at radius 3 is 2.65 bits per heavy atom. The first kappa shape index (κ1) is 15.9. The molecular formula is C15H19N3O4S. The Morgan fingerprint density at radius 1 is 1.26 bits per heavy atom. The Kier molecular flexibility index (Phi) is 4.36. The van der Waals surface area contributed by atoms with Gasteiger partial charge in [-0.15, -0.1) is 10.2 Å². The predicted octanol–water partition coefficient (Wildman–Crippen LogP) is 1.88. The van der Waals surface area contributed by atoms with Gasteiger partial charge in [0.05, 0.1) is 19.3 Å². The van der Waals surface area contributed by atoms with E-state index in [0.717, 1.165) is 24.2 Å². The Balaban J connectivity index is 1.78. The minimum atomic E-state index is -3.19. The van der Waals surface area contributed by atoms with Crippen molar-refractivity contribution in [2.45, 2.75) is 18.8 Å². The van der Waals surface area contributed by atoms with Crippen molar-refractivity contribution in [2.24, 2.45) is 0 Å². The van der Waals surface area contributed by atoms with Crippen molar-refractivity contribution < 1.29 is 17.6 Å². The zero-order valence-corrected chi connectivity index (χ0v) is 13.9. The summed E-state index contributed by atoms with van der Waals surface area (Å²) in [5.74, 6) is 1.62. The fraction of sp³-hybridized carbons (Fsp3) is 0.467. The lowest BCUT2D eigenvalue weighted by Crippen LogP contribution is -2.38. The van der Waals surface area contributed by atoms with Crippen LogP contribution in [0.5, 0.6) is 5.75 Å². The van der Waals surface area contributed by atoms with Crippen LogP contribution >= 0.6 is 0 Å². The molecule has 1 aromatic heterocycles. The van der Waals surface area contributed by atoms with Gasteiger partial charge in [0, 0.05) is 18.7 Å². The molecule has 3 rings (SSSR count). The van der Waals surface area contributed by atoms with E-state index in [2.05, 4.69) is 10.2 Å². The highest BCUT2D eigenvalue weighted by molar-refractivity contribution is 7.88. The van der Waals surface area contributed by atoms with Gasteiger partial charge in [-0.3, -0.25) is 0 Å². The fourth-order valence-corrected chi connectivity index (χ4v) is 3.61. The van der Waals surface area contributed by atoms with Crippen LogP contribution in [0.2, 0.25) is 0 Å². The molecule has 0 amide bonds. The average Bonchev–Trinajstić information content (AvgIpc) is 3.04. The first-order valence-electron chi connectivity index (χ1n) is 7.40. The number of hydrogen-bond donors (Lipinski definition) is 0. The molecule has 1 aromatic carbocycles. The van der Waals surface area contributed by atoms with Gasteiger partial charge in [0.15, 0.2) is 0 Å². The maximum absolute atomic E-state index is 11.7. The summed E-state index contributed by atoms with van der Waals surface area (Å²) in [6.07, 6.45) is 2.86. The van der Waals surface area contributed by atoms with Gasteiger partial charge < -0.3 is 9.15 Å². The Labute approximate surface area is 135 Å². The Bertz CT molecular complexity index is 770. The molecule has 0 unspecified atom stereocenters. The Morgan fingerprint density at radius 2 is 2.00 bits per heavy atom. The van der Waals surface area contributed by atoms with Crippen molar-refractivity contribution >= 4 is 10.0 Å². The van der Waals surface area contributed by atoms with E-state index in [9.17, 15) is 8.42 Å². The fourth-order valence-electron chi connectivity index (χ4n) is 2.70. The molecule has 124 valence electrons. The van der Waals surface area contributed by atoms with E-state index in [-0.39, 0.29) is 5.92 Å². The molecule has 0 N–H and O–H groups in total. The van der Waals surface area contributed by atoms with Crippen LogP contribution in [0.3, 0.4) is 0 Å². The molecule has 0 radical (unpaired) electrons. The Hall–Kier alpha value is -1.93. The third kappa shape index (κ3) is 3.53. The van der Waals surface area contributed by atoms with Crippen molar-refractivity contribution in [3.63, 3.8) is 0 Å². The van der Waals surface area contributed by atoms with Gasteiger partial charge in [-0.25, -0.2) is 12.7 Å². The van der Waals surface area contributed by atoms with Crippen molar-refractivity contribution in [3.8, 4) is 17.2 Å². The number of rotatable bonds is 4. The summed E-state index contributed by atoms with van der Waals surface area (Å²) in [5.41, 5.74) is 0.806. The quantitative estimate of drug-likeness (QED) is 0.847. The summed E-state index contributed by atoms with van der Waals surface area (Å²) in [4.78, 5) is 0. The van der Waals surface area contributed by atoms with E-state index in [4.69, 9.17) is 9.15 Å². The molecule has 1 aliphatic heterocycles. The highest BCUT2D eigenvalue weighted by atomic mass is 32.2.